The summed E-state index contributed by atoms with van der Waals surface area (Å²) in [6.45, 7) is 5.08. The van der Waals surface area contributed by atoms with E-state index in [4.69, 9.17) is 0 Å². The van der Waals surface area contributed by atoms with Gasteiger partial charge in [0.25, 0.3) is 0 Å². The molecule has 2 fully saturated rings. The first-order chi connectivity index (χ1) is 15.7. The molecular formula is C23H32F2N4O4. The molecule has 0 bridgehead atoms. The maximum atomic E-state index is 13.7. The number of rotatable bonds is 9. The van der Waals surface area contributed by atoms with Crippen LogP contribution in [0.25, 0.3) is 0 Å². The van der Waals surface area contributed by atoms with E-state index in [1.807, 2.05) is 13.8 Å². The third kappa shape index (κ3) is 6.26. The van der Waals surface area contributed by atoms with Gasteiger partial charge >= 0.3 is 0 Å². The molecule has 1 aromatic carbocycles. The zero-order chi connectivity index (χ0) is 24.1. The van der Waals surface area contributed by atoms with Gasteiger partial charge in [-0.3, -0.25) is 14.4 Å². The number of hydrogen-bond donors (Lipinski definition) is 4. The quantitative estimate of drug-likeness (QED) is 0.423. The van der Waals surface area contributed by atoms with E-state index >= 15 is 0 Å². The Morgan fingerprint density at radius 1 is 1.24 bits per heavy atom. The van der Waals surface area contributed by atoms with Gasteiger partial charge in [-0.25, -0.2) is 8.78 Å². The van der Waals surface area contributed by atoms with E-state index in [2.05, 4.69) is 16.0 Å². The Morgan fingerprint density at radius 3 is 2.58 bits per heavy atom. The predicted molar refractivity (Wildman–Crippen MR) is 117 cm³/mol. The minimum absolute atomic E-state index is 0.0205. The number of carbonyl (C=O) groups is 3. The van der Waals surface area contributed by atoms with Crippen LogP contribution in [0.3, 0.4) is 0 Å². The minimum Gasteiger partial charge on any atom is -0.389 e. The highest BCUT2D eigenvalue weighted by molar-refractivity contribution is 5.89. The van der Waals surface area contributed by atoms with Crippen LogP contribution < -0.4 is 16.0 Å². The Bertz CT molecular complexity index is 864. The first-order valence-corrected chi connectivity index (χ1v) is 11.4. The van der Waals surface area contributed by atoms with Crippen molar-refractivity contribution in [1.82, 2.24) is 20.9 Å². The summed E-state index contributed by atoms with van der Waals surface area (Å²) in [6, 6.07) is 1.01. The van der Waals surface area contributed by atoms with E-state index in [0.29, 0.717) is 13.1 Å². The molecule has 3 amide bonds. The van der Waals surface area contributed by atoms with Crippen molar-refractivity contribution in [3.63, 3.8) is 0 Å². The standard InChI is InChI=1S/C23H32F2N4O4/c1-3-4-13(2)29-12-15(10-19(29)30)22(32)28-18(9-14-7-16(24)11-17(25)8-14)21(31)20-23(33)27-6-5-26-20/h7-8,11,13,15,18,20-21,26,31H,3-6,9-10,12H2,1-2H3,(H,27,33)(H,28,32)/t13?,15?,18-,20-,21-/m0/s1. The van der Waals surface area contributed by atoms with Crippen molar-refractivity contribution in [1.29, 1.82) is 0 Å². The minimum atomic E-state index is -1.35. The molecule has 5 atom stereocenters. The largest absolute Gasteiger partial charge is 0.389 e. The Balaban J connectivity index is 1.76. The molecule has 2 aliphatic rings. The second kappa shape index (κ2) is 11.0. The first kappa shape index (κ1) is 25.0. The molecule has 0 radical (unpaired) electrons. The van der Waals surface area contributed by atoms with E-state index in [1.165, 1.54) is 0 Å². The number of nitrogens with zero attached hydrogens (tertiary/aromatic N) is 1. The molecule has 182 valence electrons. The summed E-state index contributed by atoms with van der Waals surface area (Å²) >= 11 is 0. The van der Waals surface area contributed by atoms with Gasteiger partial charge in [-0.15, -0.1) is 0 Å². The lowest BCUT2D eigenvalue weighted by Crippen LogP contribution is -2.63. The van der Waals surface area contributed by atoms with Crippen molar-refractivity contribution >= 4 is 17.7 Å². The van der Waals surface area contributed by atoms with Crippen LogP contribution >= 0.6 is 0 Å². The topological polar surface area (TPSA) is 111 Å². The van der Waals surface area contributed by atoms with Crippen LogP contribution in [0, 0.1) is 17.6 Å². The van der Waals surface area contributed by atoms with Gasteiger partial charge in [0.15, 0.2) is 0 Å². The van der Waals surface area contributed by atoms with Gasteiger partial charge in [0, 0.05) is 38.2 Å². The normalized spacial score (nSPS) is 23.7. The summed E-state index contributed by atoms with van der Waals surface area (Å²) in [5, 5.41) is 19.3. The zero-order valence-electron chi connectivity index (χ0n) is 18.9. The number of aliphatic hydroxyl groups excluding tert-OH is 1. The van der Waals surface area contributed by atoms with Crippen LogP contribution in [0.5, 0.6) is 0 Å². The summed E-state index contributed by atoms with van der Waals surface area (Å²) in [7, 11) is 0. The third-order valence-electron chi connectivity index (χ3n) is 6.30. The monoisotopic (exact) mass is 466 g/mol. The number of benzene rings is 1. The van der Waals surface area contributed by atoms with Crippen LogP contribution in [0.4, 0.5) is 8.78 Å². The molecule has 0 spiro atoms. The van der Waals surface area contributed by atoms with E-state index in [-0.39, 0.29) is 36.9 Å². The number of amides is 3. The van der Waals surface area contributed by atoms with Crippen molar-refractivity contribution in [3.8, 4) is 0 Å². The predicted octanol–water partition coefficient (Wildman–Crippen LogP) is 0.478. The fraction of sp³-hybridized carbons (Fsp3) is 0.609. The maximum absolute atomic E-state index is 13.7. The second-order valence-corrected chi connectivity index (χ2v) is 8.90. The molecule has 4 N–H and O–H groups in total. The smallest absolute Gasteiger partial charge is 0.239 e. The molecule has 2 aliphatic heterocycles. The average molecular weight is 467 g/mol. The molecule has 3 rings (SSSR count). The summed E-state index contributed by atoms with van der Waals surface area (Å²) < 4.78 is 27.4. The lowest BCUT2D eigenvalue weighted by Gasteiger charge is -2.33. The third-order valence-corrected chi connectivity index (χ3v) is 6.30. The number of hydrogen-bond acceptors (Lipinski definition) is 5. The molecule has 2 unspecified atom stereocenters. The number of carbonyl (C=O) groups excluding carboxylic acids is 3. The SMILES string of the molecule is CCCC(C)N1CC(C(=O)N[C@@H](Cc2cc(F)cc(F)c2)[C@H](O)[C@@H]2NCCNC2=O)CC1=O. The van der Waals surface area contributed by atoms with Crippen molar-refractivity contribution < 1.29 is 28.3 Å². The summed E-state index contributed by atoms with van der Waals surface area (Å²) in [6.07, 6.45) is 0.349. The van der Waals surface area contributed by atoms with Gasteiger partial charge < -0.3 is 26.0 Å². The maximum Gasteiger partial charge on any atom is 0.239 e. The molecule has 2 heterocycles. The number of likely N-dealkylation sites (tertiary alicyclic amines) is 1. The van der Waals surface area contributed by atoms with E-state index in [9.17, 15) is 28.3 Å². The number of aliphatic hydroxyl groups is 1. The molecule has 0 aliphatic carbocycles. The number of halogens is 2. The van der Waals surface area contributed by atoms with Crippen LogP contribution in [-0.2, 0) is 20.8 Å². The molecular weight excluding hydrogens is 434 g/mol. The van der Waals surface area contributed by atoms with Gasteiger partial charge in [0.2, 0.25) is 17.7 Å². The fourth-order valence-electron chi connectivity index (χ4n) is 4.57. The molecule has 33 heavy (non-hydrogen) atoms. The molecule has 2 saturated heterocycles. The fourth-order valence-corrected chi connectivity index (χ4v) is 4.57. The molecule has 0 aromatic heterocycles. The number of piperazine rings is 1. The summed E-state index contributed by atoms with van der Waals surface area (Å²) in [5.41, 5.74) is 0.230. The Hall–Kier alpha value is -2.59. The van der Waals surface area contributed by atoms with Crippen molar-refractivity contribution in [3.05, 3.63) is 35.4 Å². The van der Waals surface area contributed by atoms with Gasteiger partial charge in [0.1, 0.15) is 17.7 Å². The van der Waals surface area contributed by atoms with Crippen LogP contribution in [0.2, 0.25) is 0 Å². The summed E-state index contributed by atoms with van der Waals surface area (Å²) in [5.74, 6) is -3.13. The Morgan fingerprint density at radius 2 is 1.94 bits per heavy atom. The Labute approximate surface area is 192 Å². The van der Waals surface area contributed by atoms with Crippen LogP contribution in [0.1, 0.15) is 38.7 Å². The van der Waals surface area contributed by atoms with Crippen molar-refractivity contribution in [2.24, 2.45) is 5.92 Å². The van der Waals surface area contributed by atoms with E-state index in [0.717, 1.165) is 31.0 Å². The van der Waals surface area contributed by atoms with Gasteiger partial charge in [-0.05, 0) is 37.5 Å². The average Bonchev–Trinajstić information content (AvgIpc) is 3.14. The second-order valence-electron chi connectivity index (χ2n) is 8.90. The summed E-state index contributed by atoms with van der Waals surface area (Å²) in [4.78, 5) is 39.4. The molecule has 1 aromatic rings. The highest BCUT2D eigenvalue weighted by Gasteiger charge is 2.40. The number of nitrogens with one attached hydrogen (secondary N) is 3. The van der Waals surface area contributed by atoms with Crippen molar-refractivity contribution in [2.75, 3.05) is 19.6 Å². The molecule has 8 nitrogen and oxygen atoms in total. The molecule has 0 saturated carbocycles. The first-order valence-electron chi connectivity index (χ1n) is 11.4. The van der Waals surface area contributed by atoms with Crippen molar-refractivity contribution in [2.45, 2.75) is 63.8 Å². The Kier molecular flexibility index (Phi) is 8.36. The lowest BCUT2D eigenvalue weighted by molar-refractivity contribution is -0.131. The van der Waals surface area contributed by atoms with Gasteiger partial charge in [0.05, 0.1) is 18.1 Å². The molecule has 10 heteroatoms. The highest BCUT2D eigenvalue weighted by Crippen LogP contribution is 2.23. The van der Waals surface area contributed by atoms with Gasteiger partial charge in [-0.1, -0.05) is 13.3 Å². The highest BCUT2D eigenvalue weighted by atomic mass is 19.1. The van der Waals surface area contributed by atoms with E-state index in [1.54, 1.807) is 4.90 Å². The van der Waals surface area contributed by atoms with Crippen LogP contribution in [0.15, 0.2) is 18.2 Å². The lowest BCUT2D eigenvalue weighted by atomic mass is 9.94. The van der Waals surface area contributed by atoms with Crippen LogP contribution in [-0.4, -0.2) is 71.6 Å². The van der Waals surface area contributed by atoms with E-state index < -0.39 is 47.6 Å². The van der Waals surface area contributed by atoms with Gasteiger partial charge in [-0.2, -0.15) is 0 Å². The zero-order valence-corrected chi connectivity index (χ0v) is 18.9.